The van der Waals surface area contributed by atoms with E-state index < -0.39 is 18.3 Å². The molecule has 39 heavy (non-hydrogen) atoms. The average molecular weight is 679 g/mol. The van der Waals surface area contributed by atoms with E-state index in [2.05, 4.69) is 42.5 Å². The topological polar surface area (TPSA) is 123 Å². The number of hydrogen-bond acceptors (Lipinski definition) is 7. The Balaban J connectivity index is 1.73. The molecule has 0 bridgehead atoms. The SMILES string of the molecule is CO[C@H](CC/C=C/C(=O)Nc1ccccc1N)[C@H](OC(=O)Nc1ccc(SC)cc1)c1cc(Br)cc(Br)c1O. The number of thioether (sulfide) groups is 1. The van der Waals surface area contributed by atoms with Gasteiger partial charge >= 0.3 is 6.09 Å². The summed E-state index contributed by atoms with van der Waals surface area (Å²) in [6, 6.07) is 17.7. The third-order valence-corrected chi connectivity index (χ3v) is 7.49. The quantitative estimate of drug-likeness (QED) is 0.0941. The summed E-state index contributed by atoms with van der Waals surface area (Å²) in [4.78, 5) is 26.3. The maximum atomic E-state index is 12.9. The highest BCUT2D eigenvalue weighted by Gasteiger charge is 2.30. The molecule has 0 spiro atoms. The molecule has 206 valence electrons. The van der Waals surface area contributed by atoms with E-state index in [0.29, 0.717) is 44.4 Å². The van der Waals surface area contributed by atoms with Crippen molar-refractivity contribution in [1.82, 2.24) is 0 Å². The minimum Gasteiger partial charge on any atom is -0.506 e. The van der Waals surface area contributed by atoms with Gasteiger partial charge in [0.15, 0.2) is 6.10 Å². The zero-order valence-electron chi connectivity index (χ0n) is 21.3. The number of amides is 2. The van der Waals surface area contributed by atoms with E-state index in [1.54, 1.807) is 66.4 Å². The highest BCUT2D eigenvalue weighted by atomic mass is 79.9. The molecule has 0 heterocycles. The molecule has 0 aliphatic carbocycles. The van der Waals surface area contributed by atoms with Gasteiger partial charge in [0.1, 0.15) is 5.75 Å². The number of methoxy groups -OCH3 is 1. The number of para-hydroxylation sites is 2. The fraction of sp³-hybridized carbons (Fsp3) is 0.214. The van der Waals surface area contributed by atoms with Crippen molar-refractivity contribution in [3.63, 3.8) is 0 Å². The Morgan fingerprint density at radius 2 is 1.82 bits per heavy atom. The van der Waals surface area contributed by atoms with Crippen LogP contribution in [0.2, 0.25) is 0 Å². The highest BCUT2D eigenvalue weighted by Crippen LogP contribution is 2.39. The Kier molecular flexibility index (Phi) is 11.7. The second kappa shape index (κ2) is 15.0. The molecule has 5 N–H and O–H groups in total. The first-order chi connectivity index (χ1) is 18.7. The van der Waals surface area contributed by atoms with Crippen LogP contribution in [0.15, 0.2) is 86.7 Å². The lowest BCUT2D eigenvalue weighted by Crippen LogP contribution is -2.28. The van der Waals surface area contributed by atoms with E-state index in [9.17, 15) is 14.7 Å². The van der Waals surface area contributed by atoms with E-state index in [0.717, 1.165) is 4.90 Å². The van der Waals surface area contributed by atoms with Gasteiger partial charge in [-0.3, -0.25) is 10.1 Å². The first-order valence-corrected chi connectivity index (χ1v) is 14.7. The number of nitrogen functional groups attached to an aromatic ring is 1. The number of rotatable bonds is 11. The molecule has 3 aromatic rings. The molecular formula is C28H29Br2N3O5S. The molecule has 3 rings (SSSR count). The van der Waals surface area contributed by atoms with Gasteiger partial charge in [-0.2, -0.15) is 0 Å². The summed E-state index contributed by atoms with van der Waals surface area (Å²) < 4.78 is 12.6. The van der Waals surface area contributed by atoms with Gasteiger partial charge < -0.3 is 25.6 Å². The maximum absolute atomic E-state index is 12.9. The van der Waals surface area contributed by atoms with E-state index in [-0.39, 0.29) is 11.7 Å². The molecular weight excluding hydrogens is 650 g/mol. The van der Waals surface area contributed by atoms with Crippen molar-refractivity contribution in [3.05, 3.63) is 87.3 Å². The van der Waals surface area contributed by atoms with Gasteiger partial charge in [-0.15, -0.1) is 11.8 Å². The minimum atomic E-state index is -0.958. The lowest BCUT2D eigenvalue weighted by molar-refractivity contribution is -0.111. The van der Waals surface area contributed by atoms with Crippen LogP contribution in [-0.4, -0.2) is 36.6 Å². The maximum Gasteiger partial charge on any atom is 0.412 e. The number of ether oxygens (including phenoxy) is 2. The molecule has 0 aromatic heterocycles. The van der Waals surface area contributed by atoms with Crippen molar-refractivity contribution in [2.24, 2.45) is 0 Å². The number of carbonyl (C=O) groups is 2. The van der Waals surface area contributed by atoms with Crippen molar-refractivity contribution in [3.8, 4) is 5.75 Å². The van der Waals surface area contributed by atoms with E-state index in [1.807, 2.05) is 18.4 Å². The fourth-order valence-corrected chi connectivity index (χ4v) is 5.37. The van der Waals surface area contributed by atoms with Crippen molar-refractivity contribution >= 4 is 72.7 Å². The van der Waals surface area contributed by atoms with Gasteiger partial charge in [0.05, 0.1) is 22.0 Å². The number of aromatic hydroxyl groups is 1. The number of phenolic OH excluding ortho intramolecular Hbond substituents is 1. The van der Waals surface area contributed by atoms with Crippen LogP contribution in [0.5, 0.6) is 5.75 Å². The van der Waals surface area contributed by atoms with Crippen molar-refractivity contribution < 1.29 is 24.2 Å². The number of benzene rings is 3. The summed E-state index contributed by atoms with van der Waals surface area (Å²) in [5.74, 6) is -0.396. The molecule has 0 radical (unpaired) electrons. The number of hydrogen-bond donors (Lipinski definition) is 4. The van der Waals surface area contributed by atoms with Crippen LogP contribution in [0.4, 0.5) is 21.9 Å². The van der Waals surface area contributed by atoms with Gasteiger partial charge in [-0.1, -0.05) is 34.1 Å². The Hall–Kier alpha value is -2.99. The number of phenols is 1. The zero-order chi connectivity index (χ0) is 28.4. The molecule has 0 saturated carbocycles. The number of nitrogens with two attached hydrogens (primary N) is 1. The largest absolute Gasteiger partial charge is 0.506 e. The van der Waals surface area contributed by atoms with Crippen LogP contribution < -0.4 is 16.4 Å². The van der Waals surface area contributed by atoms with E-state index in [4.69, 9.17) is 15.2 Å². The lowest BCUT2D eigenvalue weighted by atomic mass is 9.99. The lowest BCUT2D eigenvalue weighted by Gasteiger charge is -2.27. The molecule has 2 amide bonds. The van der Waals surface area contributed by atoms with Crippen LogP contribution in [0.1, 0.15) is 24.5 Å². The highest BCUT2D eigenvalue weighted by molar-refractivity contribution is 9.11. The summed E-state index contributed by atoms with van der Waals surface area (Å²) in [5.41, 5.74) is 7.80. The number of allylic oxidation sites excluding steroid dienone is 1. The third kappa shape index (κ3) is 9.03. The summed E-state index contributed by atoms with van der Waals surface area (Å²) in [6.45, 7) is 0. The molecule has 0 aliphatic rings. The summed E-state index contributed by atoms with van der Waals surface area (Å²) in [5, 5.41) is 16.2. The molecule has 2 atom stereocenters. The van der Waals surface area contributed by atoms with Crippen LogP contribution in [0, 0.1) is 0 Å². The van der Waals surface area contributed by atoms with Crippen LogP contribution in [-0.2, 0) is 14.3 Å². The van der Waals surface area contributed by atoms with Gasteiger partial charge in [0, 0.05) is 27.7 Å². The predicted octanol–water partition coefficient (Wildman–Crippen LogP) is 7.50. The third-order valence-electron chi connectivity index (χ3n) is 5.68. The van der Waals surface area contributed by atoms with Crippen LogP contribution in [0.3, 0.4) is 0 Å². The second-order valence-electron chi connectivity index (χ2n) is 8.34. The monoisotopic (exact) mass is 677 g/mol. The number of nitrogens with one attached hydrogen (secondary N) is 2. The van der Waals surface area contributed by atoms with Crippen molar-refractivity contribution in [2.75, 3.05) is 29.7 Å². The first kappa shape index (κ1) is 30.6. The Morgan fingerprint density at radius 1 is 1.10 bits per heavy atom. The van der Waals surface area contributed by atoms with E-state index in [1.165, 1.54) is 13.2 Å². The molecule has 0 fully saturated rings. The van der Waals surface area contributed by atoms with Gasteiger partial charge in [0.25, 0.3) is 0 Å². The summed E-state index contributed by atoms with van der Waals surface area (Å²) in [6.07, 6.45) is 3.59. The Bertz CT molecular complexity index is 1320. The standard InChI is InChI=1S/C28H29Br2N3O5S/c1-37-24(9-5-6-10-25(34)33-23-8-4-3-7-22(23)31)27(20-15-17(29)16-21(30)26(20)35)38-28(36)32-18-11-13-19(39-2)14-12-18/h3-4,6-8,10-16,24,27,35H,5,9,31H2,1-2H3,(H,32,36)(H,33,34)/b10-6+/t24-,27-/m1/s1. The van der Waals surface area contributed by atoms with Crippen molar-refractivity contribution in [2.45, 2.75) is 29.9 Å². The average Bonchev–Trinajstić information content (AvgIpc) is 2.91. The smallest absolute Gasteiger partial charge is 0.412 e. The normalized spacial score (nSPS) is 12.6. The van der Waals surface area contributed by atoms with Crippen LogP contribution in [0.25, 0.3) is 0 Å². The number of anilines is 3. The number of carbonyl (C=O) groups excluding carboxylic acids is 2. The molecule has 0 saturated heterocycles. The molecule has 3 aromatic carbocycles. The summed E-state index contributed by atoms with van der Waals surface area (Å²) >= 11 is 8.36. The Labute approximate surface area is 248 Å². The molecule has 11 heteroatoms. The molecule has 0 aliphatic heterocycles. The zero-order valence-corrected chi connectivity index (χ0v) is 25.3. The second-order valence-corrected chi connectivity index (χ2v) is 11.0. The van der Waals surface area contributed by atoms with Gasteiger partial charge in [-0.25, -0.2) is 4.79 Å². The van der Waals surface area contributed by atoms with Gasteiger partial charge in [0.2, 0.25) is 5.91 Å². The fourth-order valence-electron chi connectivity index (χ4n) is 3.71. The Morgan fingerprint density at radius 3 is 2.49 bits per heavy atom. The van der Waals surface area contributed by atoms with Crippen LogP contribution >= 0.6 is 43.6 Å². The van der Waals surface area contributed by atoms with E-state index >= 15 is 0 Å². The first-order valence-electron chi connectivity index (χ1n) is 11.9. The van der Waals surface area contributed by atoms with Crippen molar-refractivity contribution in [1.29, 1.82) is 0 Å². The molecule has 8 nitrogen and oxygen atoms in total. The molecule has 0 unspecified atom stereocenters. The minimum absolute atomic E-state index is 0.0715. The number of halogens is 2. The summed E-state index contributed by atoms with van der Waals surface area (Å²) in [7, 11) is 1.50. The predicted molar refractivity (Wildman–Crippen MR) is 163 cm³/mol. The van der Waals surface area contributed by atoms with Gasteiger partial charge in [-0.05, 0) is 89.6 Å².